The summed E-state index contributed by atoms with van der Waals surface area (Å²) in [6.45, 7) is 8.95. The van der Waals surface area contributed by atoms with Crippen molar-refractivity contribution in [3.63, 3.8) is 0 Å². The summed E-state index contributed by atoms with van der Waals surface area (Å²) < 4.78 is 37.9. The minimum atomic E-state index is -3.55. The van der Waals surface area contributed by atoms with E-state index in [9.17, 15) is 8.42 Å². The van der Waals surface area contributed by atoms with Crippen molar-refractivity contribution >= 4 is 10.0 Å². The van der Waals surface area contributed by atoms with Crippen LogP contribution in [0.2, 0.25) is 0 Å². The number of sulfonamides is 1. The summed E-state index contributed by atoms with van der Waals surface area (Å²) in [5.74, 6) is 1.20. The molecule has 1 aromatic heterocycles. The zero-order valence-electron chi connectivity index (χ0n) is 15.4. The molecule has 26 heavy (non-hydrogen) atoms. The fourth-order valence-electron chi connectivity index (χ4n) is 3.09. The third kappa shape index (κ3) is 4.08. The Morgan fingerprint density at radius 2 is 1.73 bits per heavy atom. The van der Waals surface area contributed by atoms with Gasteiger partial charge < -0.3 is 9.26 Å². The molecule has 0 aliphatic carbocycles. The molecule has 2 aromatic rings. The lowest BCUT2D eigenvalue weighted by molar-refractivity contribution is 0.159. The van der Waals surface area contributed by atoms with Gasteiger partial charge in [0.2, 0.25) is 10.0 Å². The number of piperazine rings is 1. The van der Waals surface area contributed by atoms with E-state index in [0.717, 1.165) is 12.3 Å². The predicted octanol–water partition coefficient (Wildman–Crippen LogP) is 1.99. The topological polar surface area (TPSA) is 75.9 Å². The Bertz CT molecular complexity index is 818. The van der Waals surface area contributed by atoms with Gasteiger partial charge in [0, 0.05) is 32.7 Å². The second-order valence-corrected chi connectivity index (χ2v) is 8.44. The fraction of sp³-hybridized carbons (Fsp3) is 0.500. The first-order valence-corrected chi connectivity index (χ1v) is 10.2. The highest BCUT2D eigenvalue weighted by molar-refractivity contribution is 7.89. The van der Waals surface area contributed by atoms with Gasteiger partial charge in [0.1, 0.15) is 22.9 Å². The van der Waals surface area contributed by atoms with E-state index in [1.165, 1.54) is 9.87 Å². The van der Waals surface area contributed by atoms with Crippen molar-refractivity contribution in [2.75, 3.05) is 39.3 Å². The van der Waals surface area contributed by atoms with Crippen LogP contribution in [0.15, 0.2) is 33.7 Å². The maximum Gasteiger partial charge on any atom is 0.248 e. The molecule has 142 valence electrons. The van der Waals surface area contributed by atoms with E-state index in [2.05, 4.69) is 10.1 Å². The Hall–Kier alpha value is -1.90. The van der Waals surface area contributed by atoms with Crippen molar-refractivity contribution in [1.29, 1.82) is 0 Å². The summed E-state index contributed by atoms with van der Waals surface area (Å²) in [5.41, 5.74) is 1.62. The summed E-state index contributed by atoms with van der Waals surface area (Å²) in [7, 11) is -3.55. The maximum atomic E-state index is 12.8. The third-order valence-electron chi connectivity index (χ3n) is 4.59. The monoisotopic (exact) mass is 379 g/mol. The van der Waals surface area contributed by atoms with Gasteiger partial charge in [-0.2, -0.15) is 4.31 Å². The Kier molecular flexibility index (Phi) is 5.64. The van der Waals surface area contributed by atoms with E-state index in [1.807, 2.05) is 31.2 Å². The van der Waals surface area contributed by atoms with Gasteiger partial charge in [-0.25, -0.2) is 8.42 Å². The van der Waals surface area contributed by atoms with Crippen molar-refractivity contribution in [2.24, 2.45) is 0 Å². The zero-order chi connectivity index (χ0) is 18.7. The normalized spacial score (nSPS) is 16.7. The molecule has 1 saturated heterocycles. The largest absolute Gasteiger partial charge is 0.492 e. The first-order valence-electron chi connectivity index (χ1n) is 8.73. The molecule has 0 unspecified atom stereocenters. The summed E-state index contributed by atoms with van der Waals surface area (Å²) in [6, 6.07) is 7.97. The lowest BCUT2D eigenvalue weighted by atomic mass is 10.2. The fourth-order valence-corrected chi connectivity index (χ4v) is 4.81. The minimum absolute atomic E-state index is 0.202. The highest BCUT2D eigenvalue weighted by atomic mass is 32.2. The minimum Gasteiger partial charge on any atom is -0.492 e. The SMILES string of the molecule is Cc1ccc(OCCN2CCN(S(=O)(=O)c3c(C)noc3C)CC2)cc1. The average molecular weight is 379 g/mol. The van der Waals surface area contributed by atoms with E-state index >= 15 is 0 Å². The van der Waals surface area contributed by atoms with Gasteiger partial charge in [-0.15, -0.1) is 0 Å². The molecule has 1 fully saturated rings. The molecule has 0 N–H and O–H groups in total. The van der Waals surface area contributed by atoms with Crippen LogP contribution in [0, 0.1) is 20.8 Å². The van der Waals surface area contributed by atoms with Crippen LogP contribution in [0.3, 0.4) is 0 Å². The van der Waals surface area contributed by atoms with Crippen molar-refractivity contribution in [2.45, 2.75) is 25.7 Å². The molecular weight excluding hydrogens is 354 g/mol. The standard InChI is InChI=1S/C18H25N3O4S/c1-14-4-6-17(7-5-14)24-13-12-20-8-10-21(11-9-20)26(22,23)18-15(2)19-25-16(18)3/h4-7H,8-13H2,1-3H3. The number of aromatic nitrogens is 1. The third-order valence-corrected chi connectivity index (χ3v) is 6.74. The van der Waals surface area contributed by atoms with E-state index in [1.54, 1.807) is 13.8 Å². The Labute approximate surface area is 154 Å². The van der Waals surface area contributed by atoms with Gasteiger partial charge >= 0.3 is 0 Å². The first-order chi connectivity index (χ1) is 12.4. The molecule has 8 heteroatoms. The number of rotatable bonds is 6. The van der Waals surface area contributed by atoms with Crippen LogP contribution in [0.5, 0.6) is 5.75 Å². The molecule has 0 saturated carbocycles. The maximum absolute atomic E-state index is 12.8. The van der Waals surface area contributed by atoms with Crippen molar-refractivity contribution in [3.8, 4) is 5.75 Å². The summed E-state index contributed by atoms with van der Waals surface area (Å²) in [4.78, 5) is 2.42. The summed E-state index contributed by atoms with van der Waals surface area (Å²) in [6.07, 6.45) is 0. The van der Waals surface area contributed by atoms with Crippen LogP contribution < -0.4 is 4.74 Å². The average Bonchev–Trinajstić information content (AvgIpc) is 2.96. The van der Waals surface area contributed by atoms with E-state index in [0.29, 0.717) is 44.2 Å². The summed E-state index contributed by atoms with van der Waals surface area (Å²) >= 11 is 0. The van der Waals surface area contributed by atoms with Crippen LogP contribution >= 0.6 is 0 Å². The van der Waals surface area contributed by atoms with Crippen molar-refractivity contribution in [3.05, 3.63) is 41.3 Å². The summed E-state index contributed by atoms with van der Waals surface area (Å²) in [5, 5.41) is 3.76. The zero-order valence-corrected chi connectivity index (χ0v) is 16.3. The smallest absolute Gasteiger partial charge is 0.248 e. The first kappa shape index (κ1) is 18.9. The Morgan fingerprint density at radius 3 is 2.31 bits per heavy atom. The van der Waals surface area contributed by atoms with E-state index in [4.69, 9.17) is 9.26 Å². The van der Waals surface area contributed by atoms with Crippen LogP contribution in [-0.2, 0) is 10.0 Å². The number of aryl methyl sites for hydroxylation is 3. The predicted molar refractivity (Wildman–Crippen MR) is 97.8 cm³/mol. The number of hydrogen-bond donors (Lipinski definition) is 0. The molecule has 1 aliphatic rings. The second-order valence-electron chi connectivity index (χ2n) is 6.56. The number of nitrogens with zero attached hydrogens (tertiary/aromatic N) is 3. The molecule has 2 heterocycles. The molecular formula is C18H25N3O4S. The molecule has 1 aliphatic heterocycles. The lowest BCUT2D eigenvalue weighted by Gasteiger charge is -2.33. The number of ether oxygens (including phenoxy) is 1. The Balaban J connectivity index is 1.50. The molecule has 0 spiro atoms. The van der Waals surface area contributed by atoms with Crippen LogP contribution in [0.1, 0.15) is 17.0 Å². The van der Waals surface area contributed by atoms with Crippen LogP contribution in [0.25, 0.3) is 0 Å². The molecule has 0 radical (unpaired) electrons. The van der Waals surface area contributed by atoms with Gasteiger partial charge in [-0.1, -0.05) is 22.9 Å². The van der Waals surface area contributed by atoms with Crippen LogP contribution in [-0.4, -0.2) is 62.1 Å². The molecule has 7 nitrogen and oxygen atoms in total. The highest BCUT2D eigenvalue weighted by Crippen LogP contribution is 2.24. The van der Waals surface area contributed by atoms with E-state index < -0.39 is 10.0 Å². The van der Waals surface area contributed by atoms with Gasteiger partial charge in [-0.3, -0.25) is 4.90 Å². The number of benzene rings is 1. The van der Waals surface area contributed by atoms with Gasteiger partial charge in [0.25, 0.3) is 0 Å². The Morgan fingerprint density at radius 1 is 1.08 bits per heavy atom. The molecule has 0 bridgehead atoms. The molecule has 0 atom stereocenters. The lowest BCUT2D eigenvalue weighted by Crippen LogP contribution is -2.49. The van der Waals surface area contributed by atoms with Crippen LogP contribution in [0.4, 0.5) is 0 Å². The molecule has 1 aromatic carbocycles. The van der Waals surface area contributed by atoms with Gasteiger partial charge in [-0.05, 0) is 32.9 Å². The van der Waals surface area contributed by atoms with Crippen molar-refractivity contribution in [1.82, 2.24) is 14.4 Å². The molecule has 0 amide bonds. The van der Waals surface area contributed by atoms with E-state index in [-0.39, 0.29) is 4.90 Å². The molecule has 3 rings (SSSR count). The van der Waals surface area contributed by atoms with Crippen molar-refractivity contribution < 1.29 is 17.7 Å². The van der Waals surface area contributed by atoms with Gasteiger partial charge in [0.05, 0.1) is 0 Å². The quantitative estimate of drug-likeness (QED) is 0.764. The second kappa shape index (κ2) is 7.77. The highest BCUT2D eigenvalue weighted by Gasteiger charge is 2.33. The van der Waals surface area contributed by atoms with Gasteiger partial charge in [0.15, 0.2) is 5.76 Å². The number of hydrogen-bond acceptors (Lipinski definition) is 6.